The van der Waals surface area contributed by atoms with Crippen LogP contribution in [-0.2, 0) is 11.2 Å². The van der Waals surface area contributed by atoms with E-state index in [4.69, 9.17) is 22.1 Å². The lowest BCUT2D eigenvalue weighted by Gasteiger charge is -2.10. The molecule has 0 saturated carbocycles. The molecular formula is C20H17Br2ClN4O3. The predicted molar refractivity (Wildman–Crippen MR) is 125 cm³/mol. The molecule has 0 saturated heterocycles. The third kappa shape index (κ3) is 5.08. The van der Waals surface area contributed by atoms with Crippen molar-refractivity contribution in [2.75, 3.05) is 6.61 Å². The van der Waals surface area contributed by atoms with Crippen LogP contribution in [0, 0.1) is 0 Å². The van der Waals surface area contributed by atoms with E-state index in [1.165, 1.54) is 10.9 Å². The van der Waals surface area contributed by atoms with E-state index < -0.39 is 5.91 Å². The number of aromatic nitrogens is 2. The smallest absolute Gasteiger partial charge is 0.282 e. The first kappa shape index (κ1) is 22.5. The highest BCUT2D eigenvalue weighted by atomic mass is 79.9. The fourth-order valence-electron chi connectivity index (χ4n) is 2.76. The normalized spacial score (nSPS) is 11.3. The van der Waals surface area contributed by atoms with Crippen molar-refractivity contribution in [2.45, 2.75) is 19.8 Å². The van der Waals surface area contributed by atoms with Crippen LogP contribution in [0.1, 0.15) is 24.7 Å². The van der Waals surface area contributed by atoms with Crippen LogP contribution in [0.5, 0.6) is 5.75 Å². The Bertz CT molecular complexity index is 1190. The zero-order chi connectivity index (χ0) is 21.8. The Hall–Kier alpha value is -2.23. The van der Waals surface area contributed by atoms with Crippen LogP contribution in [0.4, 0.5) is 0 Å². The Morgan fingerprint density at radius 1 is 1.33 bits per heavy atom. The molecule has 1 aromatic heterocycles. The summed E-state index contributed by atoms with van der Waals surface area (Å²) in [6.07, 6.45) is 2.93. The Labute approximate surface area is 194 Å². The van der Waals surface area contributed by atoms with E-state index in [2.05, 4.69) is 41.9 Å². The number of benzene rings is 2. The molecule has 30 heavy (non-hydrogen) atoms. The minimum absolute atomic E-state index is 0.257. The van der Waals surface area contributed by atoms with Crippen LogP contribution in [0.25, 0.3) is 10.9 Å². The molecule has 10 heteroatoms. The summed E-state index contributed by atoms with van der Waals surface area (Å²) in [5, 5.41) is 5.11. The summed E-state index contributed by atoms with van der Waals surface area (Å²) in [7, 11) is 0. The van der Waals surface area contributed by atoms with E-state index in [1.807, 2.05) is 13.0 Å². The molecule has 1 amide bonds. The third-order valence-electron chi connectivity index (χ3n) is 4.05. The fourth-order valence-corrected chi connectivity index (χ4v) is 4.11. The maximum Gasteiger partial charge on any atom is 0.282 e. The molecule has 0 radical (unpaired) electrons. The van der Waals surface area contributed by atoms with E-state index in [0.29, 0.717) is 38.9 Å². The van der Waals surface area contributed by atoms with Crippen molar-refractivity contribution < 1.29 is 9.53 Å². The second-order valence-corrected chi connectivity index (χ2v) is 8.55. The lowest BCUT2D eigenvalue weighted by atomic mass is 10.2. The average Bonchev–Trinajstić information content (AvgIpc) is 2.67. The monoisotopic (exact) mass is 554 g/mol. The number of carbonyl (C=O) groups is 1. The van der Waals surface area contributed by atoms with Crippen molar-refractivity contribution in [3.63, 3.8) is 0 Å². The number of nitrogens with two attached hydrogens (primary N) is 1. The SMILES string of the molecule is CCCc1nc2ccc(Br)cc2c(=O)n1N=Cc1cc(Cl)c(OCC(N)=O)c(Br)c1. The number of rotatable bonds is 7. The number of primary amides is 1. The minimum Gasteiger partial charge on any atom is -0.481 e. The lowest BCUT2D eigenvalue weighted by Crippen LogP contribution is -2.22. The average molecular weight is 557 g/mol. The zero-order valence-electron chi connectivity index (χ0n) is 15.9. The van der Waals surface area contributed by atoms with Gasteiger partial charge in [-0.2, -0.15) is 9.78 Å². The van der Waals surface area contributed by atoms with Crippen LogP contribution in [0.15, 0.2) is 49.2 Å². The van der Waals surface area contributed by atoms with Gasteiger partial charge in [0.25, 0.3) is 11.5 Å². The van der Waals surface area contributed by atoms with Crippen molar-refractivity contribution >= 4 is 66.5 Å². The highest BCUT2D eigenvalue weighted by Crippen LogP contribution is 2.34. The second kappa shape index (κ2) is 9.72. The molecule has 156 valence electrons. The van der Waals surface area contributed by atoms with Crippen LogP contribution in [-0.4, -0.2) is 28.4 Å². The third-order valence-corrected chi connectivity index (χ3v) is 5.41. The Balaban J connectivity index is 2.03. The van der Waals surface area contributed by atoms with Crippen molar-refractivity contribution in [1.82, 2.24) is 9.66 Å². The number of hydrogen-bond donors (Lipinski definition) is 1. The quantitative estimate of drug-likeness (QED) is 0.440. The van der Waals surface area contributed by atoms with Gasteiger partial charge in [0, 0.05) is 10.9 Å². The summed E-state index contributed by atoms with van der Waals surface area (Å²) in [6, 6.07) is 8.70. The van der Waals surface area contributed by atoms with Crippen LogP contribution >= 0.6 is 43.5 Å². The summed E-state index contributed by atoms with van der Waals surface area (Å²) in [4.78, 5) is 28.6. The van der Waals surface area contributed by atoms with Gasteiger partial charge in [-0.15, -0.1) is 0 Å². The summed E-state index contributed by atoms with van der Waals surface area (Å²) >= 11 is 13.0. The molecule has 2 N–H and O–H groups in total. The molecule has 7 nitrogen and oxygen atoms in total. The number of hydrogen-bond acceptors (Lipinski definition) is 5. The van der Waals surface area contributed by atoms with E-state index >= 15 is 0 Å². The van der Waals surface area contributed by atoms with Gasteiger partial charge >= 0.3 is 0 Å². The van der Waals surface area contributed by atoms with Gasteiger partial charge in [0.2, 0.25) is 0 Å². The Morgan fingerprint density at radius 2 is 2.10 bits per heavy atom. The van der Waals surface area contributed by atoms with Gasteiger partial charge in [0.05, 0.1) is 26.6 Å². The molecule has 0 spiro atoms. The van der Waals surface area contributed by atoms with Gasteiger partial charge in [-0.1, -0.05) is 34.5 Å². The van der Waals surface area contributed by atoms with Crippen molar-refractivity contribution in [3.8, 4) is 5.75 Å². The topological polar surface area (TPSA) is 99.6 Å². The van der Waals surface area contributed by atoms with Gasteiger partial charge in [0.15, 0.2) is 12.4 Å². The summed E-state index contributed by atoms with van der Waals surface area (Å²) < 4.78 is 7.93. The van der Waals surface area contributed by atoms with Crippen molar-refractivity contribution in [1.29, 1.82) is 0 Å². The molecule has 0 atom stereocenters. The molecule has 0 fully saturated rings. The molecule has 3 rings (SSSR count). The molecule has 0 unspecified atom stereocenters. The first-order chi connectivity index (χ1) is 14.3. The second-order valence-electron chi connectivity index (χ2n) is 6.37. The van der Waals surface area contributed by atoms with Gasteiger partial charge in [-0.05, 0) is 58.2 Å². The zero-order valence-corrected chi connectivity index (χ0v) is 19.8. The Kier molecular flexibility index (Phi) is 7.27. The molecule has 1 heterocycles. The molecule has 0 aliphatic rings. The lowest BCUT2D eigenvalue weighted by molar-refractivity contribution is -0.119. The van der Waals surface area contributed by atoms with Crippen LogP contribution in [0.2, 0.25) is 5.02 Å². The molecule has 0 bridgehead atoms. The van der Waals surface area contributed by atoms with E-state index in [9.17, 15) is 9.59 Å². The first-order valence-corrected chi connectivity index (χ1v) is 10.9. The largest absolute Gasteiger partial charge is 0.481 e. The number of amides is 1. The highest BCUT2D eigenvalue weighted by molar-refractivity contribution is 9.10. The number of halogens is 3. The maximum absolute atomic E-state index is 13.0. The number of ether oxygens (including phenoxy) is 1. The standard InChI is InChI=1S/C20H17Br2ClN4O3/c1-2-3-18-26-16-5-4-12(21)8-13(16)20(29)27(18)25-9-11-6-14(22)19(15(23)7-11)30-10-17(24)28/h4-9H,2-3,10H2,1H3,(H2,24,28). The van der Waals surface area contributed by atoms with Gasteiger partial charge in [-0.25, -0.2) is 4.98 Å². The highest BCUT2D eigenvalue weighted by Gasteiger charge is 2.12. The first-order valence-electron chi connectivity index (χ1n) is 8.95. The van der Waals surface area contributed by atoms with Gasteiger partial charge < -0.3 is 10.5 Å². The van der Waals surface area contributed by atoms with Gasteiger partial charge in [0.1, 0.15) is 5.82 Å². The number of fused-ring (bicyclic) bond motifs is 1. The van der Waals surface area contributed by atoms with Crippen LogP contribution in [0.3, 0.4) is 0 Å². The molecular weight excluding hydrogens is 540 g/mol. The predicted octanol–water partition coefficient (Wildman–Crippen LogP) is 4.27. The summed E-state index contributed by atoms with van der Waals surface area (Å²) in [6.45, 7) is 1.72. The van der Waals surface area contributed by atoms with Gasteiger partial charge in [-0.3, -0.25) is 9.59 Å². The number of aryl methyl sites for hydroxylation is 1. The molecule has 3 aromatic rings. The minimum atomic E-state index is -0.609. The molecule has 0 aliphatic heterocycles. The Morgan fingerprint density at radius 3 is 2.77 bits per heavy atom. The number of nitrogens with zero attached hydrogens (tertiary/aromatic N) is 3. The van der Waals surface area contributed by atoms with E-state index in [-0.39, 0.29) is 17.2 Å². The maximum atomic E-state index is 13.0. The van der Waals surface area contributed by atoms with Crippen LogP contribution < -0.4 is 16.0 Å². The van der Waals surface area contributed by atoms with E-state index in [1.54, 1.807) is 24.3 Å². The summed E-state index contributed by atoms with van der Waals surface area (Å²) in [5.41, 5.74) is 6.09. The summed E-state index contributed by atoms with van der Waals surface area (Å²) in [5.74, 6) is 0.260. The van der Waals surface area contributed by atoms with Crippen molar-refractivity contribution in [2.24, 2.45) is 10.8 Å². The molecule has 2 aromatic carbocycles. The fraction of sp³-hybridized carbons (Fsp3) is 0.200. The van der Waals surface area contributed by atoms with Crippen molar-refractivity contribution in [3.05, 3.63) is 66.0 Å². The van der Waals surface area contributed by atoms with E-state index in [0.717, 1.165) is 10.9 Å². The molecule has 0 aliphatic carbocycles. The number of carbonyl (C=O) groups excluding carboxylic acids is 1.